The molecule has 0 bridgehead atoms. The minimum atomic E-state index is -0.300. The zero-order chi connectivity index (χ0) is 18.5. The number of hydrogen-bond acceptors (Lipinski definition) is 5. The summed E-state index contributed by atoms with van der Waals surface area (Å²) in [5.74, 6) is 1.97. The second kappa shape index (κ2) is 8.01. The number of anilines is 1. The Morgan fingerprint density at radius 2 is 1.77 bits per heavy atom. The summed E-state index contributed by atoms with van der Waals surface area (Å²) >= 11 is 6.19. The van der Waals surface area contributed by atoms with Crippen LogP contribution in [0.3, 0.4) is 0 Å². The first kappa shape index (κ1) is 17.9. The molecule has 6 nitrogen and oxygen atoms in total. The lowest BCUT2D eigenvalue weighted by Crippen LogP contribution is -2.15. The van der Waals surface area contributed by atoms with Crippen molar-refractivity contribution in [2.45, 2.75) is 0 Å². The number of nitrogens with one attached hydrogen (secondary N) is 1. The molecule has 0 fully saturated rings. The molecule has 1 N–H and O–H groups in total. The van der Waals surface area contributed by atoms with Gasteiger partial charge in [-0.05, 0) is 23.8 Å². The van der Waals surface area contributed by atoms with Crippen molar-refractivity contribution in [2.24, 2.45) is 0 Å². The molecule has 1 aliphatic heterocycles. The molecule has 1 heterocycles. The zero-order valence-electron chi connectivity index (χ0n) is 14.4. The molecule has 0 spiro atoms. The van der Waals surface area contributed by atoms with E-state index in [9.17, 15) is 4.79 Å². The molecule has 26 heavy (non-hydrogen) atoms. The topological polar surface area (TPSA) is 66.0 Å². The van der Waals surface area contributed by atoms with Crippen molar-refractivity contribution in [1.29, 1.82) is 0 Å². The average Bonchev–Trinajstić information content (AvgIpc) is 2.66. The monoisotopic (exact) mass is 375 g/mol. The van der Waals surface area contributed by atoms with Crippen molar-refractivity contribution in [3.63, 3.8) is 0 Å². The number of carbonyl (C=O) groups is 1. The number of carbonyl (C=O) groups excluding carboxylic acids is 1. The van der Waals surface area contributed by atoms with Crippen molar-refractivity contribution >= 4 is 29.3 Å². The van der Waals surface area contributed by atoms with Crippen molar-refractivity contribution < 1.29 is 23.7 Å². The first-order chi connectivity index (χ1) is 12.6. The Labute approximate surface area is 156 Å². The van der Waals surface area contributed by atoms with Gasteiger partial charge in [-0.2, -0.15) is 0 Å². The van der Waals surface area contributed by atoms with Gasteiger partial charge in [0.1, 0.15) is 24.7 Å². The van der Waals surface area contributed by atoms with Crippen molar-refractivity contribution in [1.82, 2.24) is 0 Å². The van der Waals surface area contributed by atoms with Crippen LogP contribution in [-0.4, -0.2) is 33.3 Å². The smallest absolute Gasteiger partial charge is 0.248 e. The Bertz CT molecular complexity index is 828. The maximum Gasteiger partial charge on any atom is 0.248 e. The SMILES string of the molecule is COc1cc(NC(=O)/C=C/c2cc(Cl)c3c(c2)OCCO3)cc(OC)c1. The first-order valence-electron chi connectivity index (χ1n) is 7.90. The fraction of sp³-hybridized carbons (Fsp3) is 0.211. The minimum Gasteiger partial charge on any atom is -0.497 e. The van der Waals surface area contributed by atoms with Gasteiger partial charge in [-0.1, -0.05) is 11.6 Å². The van der Waals surface area contributed by atoms with Gasteiger partial charge in [0.2, 0.25) is 5.91 Å². The number of methoxy groups -OCH3 is 2. The number of hydrogen-bond donors (Lipinski definition) is 1. The second-order valence-corrected chi connectivity index (χ2v) is 5.86. The summed E-state index contributed by atoms with van der Waals surface area (Å²) in [6.07, 6.45) is 3.06. The molecule has 0 atom stereocenters. The molecule has 2 aromatic rings. The van der Waals surface area contributed by atoms with Crippen LogP contribution in [-0.2, 0) is 4.79 Å². The Morgan fingerprint density at radius 1 is 1.08 bits per heavy atom. The highest BCUT2D eigenvalue weighted by atomic mass is 35.5. The maximum atomic E-state index is 12.2. The molecule has 0 unspecified atom stereocenters. The normalized spacial score (nSPS) is 12.7. The van der Waals surface area contributed by atoms with E-state index in [4.69, 9.17) is 30.5 Å². The highest BCUT2D eigenvalue weighted by Crippen LogP contribution is 2.38. The highest BCUT2D eigenvalue weighted by molar-refractivity contribution is 6.32. The van der Waals surface area contributed by atoms with Crippen LogP contribution >= 0.6 is 11.6 Å². The summed E-state index contributed by atoms with van der Waals surface area (Å²) in [4.78, 5) is 12.2. The van der Waals surface area contributed by atoms with Crippen LogP contribution in [0.15, 0.2) is 36.4 Å². The molecule has 1 aliphatic rings. The highest BCUT2D eigenvalue weighted by Gasteiger charge is 2.16. The quantitative estimate of drug-likeness (QED) is 0.805. The van der Waals surface area contributed by atoms with Crippen LogP contribution in [0, 0.1) is 0 Å². The molecule has 3 rings (SSSR count). The van der Waals surface area contributed by atoms with Crippen LogP contribution in [0.2, 0.25) is 5.02 Å². The maximum absolute atomic E-state index is 12.2. The predicted molar refractivity (Wildman–Crippen MR) is 99.7 cm³/mol. The molecule has 0 saturated heterocycles. The third-order valence-electron chi connectivity index (χ3n) is 3.67. The van der Waals surface area contributed by atoms with E-state index < -0.39 is 0 Å². The molecule has 0 saturated carbocycles. The Balaban J connectivity index is 1.73. The first-order valence-corrected chi connectivity index (χ1v) is 8.28. The lowest BCUT2D eigenvalue weighted by Gasteiger charge is -2.19. The molecule has 0 aliphatic carbocycles. The van der Waals surface area contributed by atoms with Gasteiger partial charge in [0.05, 0.1) is 19.2 Å². The van der Waals surface area contributed by atoms with Crippen LogP contribution in [0.5, 0.6) is 23.0 Å². The number of halogens is 1. The van der Waals surface area contributed by atoms with Gasteiger partial charge < -0.3 is 24.3 Å². The fourth-order valence-electron chi connectivity index (χ4n) is 2.46. The van der Waals surface area contributed by atoms with E-state index in [1.54, 1.807) is 50.6 Å². The van der Waals surface area contributed by atoms with Crippen LogP contribution in [0.1, 0.15) is 5.56 Å². The third-order valence-corrected chi connectivity index (χ3v) is 3.95. The van der Waals surface area contributed by atoms with E-state index >= 15 is 0 Å². The molecule has 1 amide bonds. The van der Waals surface area contributed by atoms with Gasteiger partial charge in [0.25, 0.3) is 0 Å². The van der Waals surface area contributed by atoms with Gasteiger partial charge in [-0.15, -0.1) is 0 Å². The summed E-state index contributed by atoms with van der Waals surface area (Å²) in [5.41, 5.74) is 1.30. The van der Waals surface area contributed by atoms with Gasteiger partial charge in [0.15, 0.2) is 11.5 Å². The van der Waals surface area contributed by atoms with E-state index in [2.05, 4.69) is 5.32 Å². The minimum absolute atomic E-state index is 0.300. The van der Waals surface area contributed by atoms with Crippen LogP contribution in [0.25, 0.3) is 6.08 Å². The van der Waals surface area contributed by atoms with Crippen molar-refractivity contribution in [3.05, 3.63) is 47.0 Å². The summed E-state index contributed by atoms with van der Waals surface area (Å²) < 4.78 is 21.4. The third kappa shape index (κ3) is 4.21. The van der Waals surface area contributed by atoms with E-state index in [0.717, 1.165) is 5.56 Å². The predicted octanol–water partition coefficient (Wildman–Crippen LogP) is 3.78. The summed E-state index contributed by atoms with van der Waals surface area (Å²) in [7, 11) is 3.10. The van der Waals surface area contributed by atoms with E-state index in [1.165, 1.54) is 6.08 Å². The summed E-state index contributed by atoms with van der Waals surface area (Å²) in [6, 6.07) is 8.62. The van der Waals surface area contributed by atoms with E-state index in [0.29, 0.717) is 46.9 Å². The summed E-state index contributed by atoms with van der Waals surface area (Å²) in [5, 5.41) is 3.21. The lowest BCUT2D eigenvalue weighted by atomic mass is 10.1. The average molecular weight is 376 g/mol. The number of benzene rings is 2. The number of fused-ring (bicyclic) bond motifs is 1. The molecule has 0 radical (unpaired) electrons. The summed E-state index contributed by atoms with van der Waals surface area (Å²) in [6.45, 7) is 0.934. The van der Waals surface area contributed by atoms with Crippen LogP contribution < -0.4 is 24.3 Å². The van der Waals surface area contributed by atoms with Crippen LogP contribution in [0.4, 0.5) is 5.69 Å². The molecule has 2 aromatic carbocycles. The molecule has 7 heteroatoms. The Hall–Kier alpha value is -2.86. The van der Waals surface area contributed by atoms with Crippen molar-refractivity contribution in [2.75, 3.05) is 32.8 Å². The van der Waals surface area contributed by atoms with E-state index in [-0.39, 0.29) is 5.91 Å². The number of rotatable bonds is 5. The Morgan fingerprint density at radius 3 is 2.46 bits per heavy atom. The number of amides is 1. The number of ether oxygens (including phenoxy) is 4. The van der Waals surface area contributed by atoms with Gasteiger partial charge >= 0.3 is 0 Å². The van der Waals surface area contributed by atoms with Crippen molar-refractivity contribution in [3.8, 4) is 23.0 Å². The lowest BCUT2D eigenvalue weighted by molar-refractivity contribution is -0.111. The fourth-order valence-corrected chi connectivity index (χ4v) is 2.74. The standard InChI is InChI=1S/C19H18ClNO5/c1-23-14-9-13(10-15(11-14)24-2)21-18(22)4-3-12-7-16(20)19-17(8-12)25-5-6-26-19/h3-4,7-11H,5-6H2,1-2H3,(H,21,22)/b4-3+. The zero-order valence-corrected chi connectivity index (χ0v) is 15.1. The molecular weight excluding hydrogens is 358 g/mol. The van der Waals surface area contributed by atoms with Gasteiger partial charge in [-0.25, -0.2) is 0 Å². The molecule has 0 aromatic heterocycles. The van der Waals surface area contributed by atoms with E-state index in [1.807, 2.05) is 0 Å². The molecule has 136 valence electrons. The van der Waals surface area contributed by atoms with Gasteiger partial charge in [-0.3, -0.25) is 4.79 Å². The second-order valence-electron chi connectivity index (χ2n) is 5.45. The largest absolute Gasteiger partial charge is 0.497 e. The molecular formula is C19H18ClNO5. The van der Waals surface area contributed by atoms with Gasteiger partial charge in [0, 0.05) is 30.0 Å². The Kier molecular flexibility index (Phi) is 5.53.